The summed E-state index contributed by atoms with van der Waals surface area (Å²) in [5.41, 5.74) is 0.601. The molecule has 0 radical (unpaired) electrons. The Labute approximate surface area is 291 Å². The van der Waals surface area contributed by atoms with E-state index < -0.39 is 17.8 Å². The molecule has 264 valence electrons. The van der Waals surface area contributed by atoms with Crippen LogP contribution in [0.5, 0.6) is 11.5 Å². The molecule has 3 N–H and O–H groups in total. The van der Waals surface area contributed by atoms with Crippen LogP contribution in [0.2, 0.25) is 10.0 Å². The van der Waals surface area contributed by atoms with Crippen molar-refractivity contribution in [2.75, 3.05) is 97.5 Å². The lowest BCUT2D eigenvalue weighted by atomic mass is 10.2. The van der Waals surface area contributed by atoms with Crippen LogP contribution in [0, 0.1) is 5.82 Å². The van der Waals surface area contributed by atoms with Gasteiger partial charge in [-0.15, -0.1) is 5.06 Å². The number of methoxy groups -OCH3 is 1. The normalized spacial score (nSPS) is 17.3. The minimum absolute atomic E-state index is 0.0786. The fourth-order valence-corrected chi connectivity index (χ4v) is 5.96. The number of aromatic nitrogens is 2. The molecule has 2 aliphatic rings. The van der Waals surface area contributed by atoms with E-state index in [1.807, 2.05) is 4.90 Å². The van der Waals surface area contributed by atoms with Gasteiger partial charge in [-0.2, -0.15) is 0 Å². The molecule has 3 heterocycles. The Balaban J connectivity index is 1.22. The number of amides is 1. The summed E-state index contributed by atoms with van der Waals surface area (Å²) in [6.07, 6.45) is 1.34. The van der Waals surface area contributed by atoms with Crippen LogP contribution in [0.25, 0.3) is 10.9 Å². The maximum Gasteiger partial charge on any atom is 0.317 e. The highest BCUT2D eigenvalue weighted by atomic mass is 35.5. The van der Waals surface area contributed by atoms with Gasteiger partial charge in [-0.25, -0.2) is 14.4 Å². The van der Waals surface area contributed by atoms with Crippen molar-refractivity contribution in [1.82, 2.24) is 34.6 Å². The van der Waals surface area contributed by atoms with Crippen molar-refractivity contribution in [2.45, 2.75) is 0 Å². The number of hydrogen-bond donors (Lipinski definition) is 3. The lowest BCUT2D eigenvalue weighted by Crippen LogP contribution is -2.52. The van der Waals surface area contributed by atoms with Gasteiger partial charge in [0.25, 0.3) is 0 Å². The predicted octanol–water partition coefficient (Wildman–Crippen LogP) is 2.35. The van der Waals surface area contributed by atoms with E-state index in [2.05, 4.69) is 15.3 Å². The average Bonchev–Trinajstić information content (AvgIpc) is 3.15. The highest BCUT2D eigenvalue weighted by Crippen LogP contribution is 2.37. The first kappa shape index (κ1) is 36.2. The summed E-state index contributed by atoms with van der Waals surface area (Å²) in [6.45, 7) is 4.07. The third kappa shape index (κ3) is 9.55. The summed E-state index contributed by atoms with van der Waals surface area (Å²) in [6, 6.07) is 6.30. The monoisotopic (exact) mass is 722 g/mol. The van der Waals surface area contributed by atoms with Crippen molar-refractivity contribution in [3.8, 4) is 11.5 Å². The van der Waals surface area contributed by atoms with Gasteiger partial charge in [-0.1, -0.05) is 23.2 Å². The van der Waals surface area contributed by atoms with Gasteiger partial charge in [0.05, 0.1) is 61.1 Å². The Morgan fingerprint density at radius 1 is 0.837 bits per heavy atom. The van der Waals surface area contributed by atoms with Crippen LogP contribution in [0.4, 0.5) is 15.9 Å². The summed E-state index contributed by atoms with van der Waals surface area (Å²) >= 11 is 11.9. The largest absolute Gasteiger partial charge is 0.493 e. The van der Waals surface area contributed by atoms with Gasteiger partial charge in [0.1, 0.15) is 12.1 Å². The molecule has 2 aliphatic heterocycles. The molecule has 5 rings (SSSR count). The second-order valence-corrected chi connectivity index (χ2v) is 12.4. The van der Waals surface area contributed by atoms with E-state index in [4.69, 9.17) is 32.8 Å². The molecule has 2 saturated heterocycles. The summed E-state index contributed by atoms with van der Waals surface area (Å²) in [4.78, 5) is 58.1. The third-order valence-electron chi connectivity index (χ3n) is 8.30. The van der Waals surface area contributed by atoms with E-state index >= 15 is 0 Å². The van der Waals surface area contributed by atoms with E-state index in [0.29, 0.717) is 93.7 Å². The Kier molecular flexibility index (Phi) is 12.2. The molecule has 0 saturated carbocycles. The summed E-state index contributed by atoms with van der Waals surface area (Å²) < 4.78 is 20.4. The van der Waals surface area contributed by atoms with Crippen molar-refractivity contribution in [3.63, 3.8) is 0 Å². The maximum atomic E-state index is 14.8. The topological polar surface area (TPSA) is 164 Å². The number of rotatable bonds is 11. The number of carboxylic acid groups (broad SMARTS) is 2. The molecule has 0 spiro atoms. The molecular formula is C31H37Cl2FN8O7. The van der Waals surface area contributed by atoms with Gasteiger partial charge in [-0.3, -0.25) is 29.1 Å². The number of aliphatic carboxylic acids is 2. The molecule has 1 amide bonds. The molecular weight excluding hydrogens is 686 g/mol. The number of benzene rings is 2. The molecule has 3 aromatic rings. The molecule has 0 aliphatic carbocycles. The van der Waals surface area contributed by atoms with Crippen LogP contribution in [0.3, 0.4) is 0 Å². The number of hydrogen-bond acceptors (Lipinski definition) is 12. The van der Waals surface area contributed by atoms with E-state index in [1.165, 1.54) is 25.6 Å². The smallest absolute Gasteiger partial charge is 0.317 e. The molecule has 0 atom stereocenters. The lowest BCUT2D eigenvalue weighted by Gasteiger charge is -2.35. The van der Waals surface area contributed by atoms with E-state index in [9.17, 15) is 29.0 Å². The average molecular weight is 724 g/mol. The van der Waals surface area contributed by atoms with Crippen molar-refractivity contribution in [2.24, 2.45) is 0 Å². The van der Waals surface area contributed by atoms with Crippen molar-refractivity contribution < 1.29 is 38.6 Å². The SMILES string of the molecule is COc1cc2ncnc(Nc3ccc(Cl)c(Cl)c3F)c2cc1ON1CCN(C(=O)CN2CCN(CC(=O)O)CCN(CC(=O)O)CC2)CC1. The summed E-state index contributed by atoms with van der Waals surface area (Å²) in [7, 11) is 1.50. The highest BCUT2D eigenvalue weighted by Gasteiger charge is 2.27. The van der Waals surface area contributed by atoms with Gasteiger partial charge in [0.2, 0.25) is 5.91 Å². The van der Waals surface area contributed by atoms with E-state index in [0.717, 1.165) is 0 Å². The number of fused-ring (bicyclic) bond motifs is 1. The minimum Gasteiger partial charge on any atom is -0.493 e. The first-order chi connectivity index (χ1) is 23.5. The fraction of sp³-hybridized carbons (Fsp3) is 0.452. The van der Waals surface area contributed by atoms with Gasteiger partial charge in [0, 0.05) is 63.8 Å². The predicted molar refractivity (Wildman–Crippen MR) is 179 cm³/mol. The fourth-order valence-electron chi connectivity index (χ4n) is 5.64. The lowest BCUT2D eigenvalue weighted by molar-refractivity contribution is -0.142. The van der Waals surface area contributed by atoms with Crippen LogP contribution in [0.1, 0.15) is 0 Å². The zero-order chi connectivity index (χ0) is 35.1. The van der Waals surface area contributed by atoms with Crippen molar-refractivity contribution >= 4 is 63.5 Å². The van der Waals surface area contributed by atoms with Crippen LogP contribution in [0.15, 0.2) is 30.6 Å². The molecule has 18 heteroatoms. The Morgan fingerprint density at radius 3 is 2.00 bits per heavy atom. The second-order valence-electron chi connectivity index (χ2n) is 11.6. The van der Waals surface area contributed by atoms with Crippen LogP contribution >= 0.6 is 23.2 Å². The number of carboxylic acids is 2. The molecule has 49 heavy (non-hydrogen) atoms. The van der Waals surface area contributed by atoms with Crippen molar-refractivity contribution in [1.29, 1.82) is 0 Å². The van der Waals surface area contributed by atoms with Crippen LogP contribution < -0.4 is 14.9 Å². The second kappa shape index (κ2) is 16.6. The quantitative estimate of drug-likeness (QED) is 0.247. The van der Waals surface area contributed by atoms with Crippen LogP contribution in [-0.2, 0) is 14.4 Å². The first-order valence-corrected chi connectivity index (χ1v) is 16.3. The number of nitrogens with one attached hydrogen (secondary N) is 1. The standard InChI is InChI=1S/C31H37Cl2FN8O7/c1-48-24-15-23-20(31(36-19-35-23)37-22-3-2-21(32)29(33)30(22)34)14-25(24)49-42-12-10-41(11-13-42)26(43)16-38-4-6-39(17-27(44)45)8-9-40(7-5-38)18-28(46)47/h2-3,14-15,19H,4-13,16-18H2,1H3,(H,44,45)(H,46,47)(H,35,36,37). The van der Waals surface area contributed by atoms with Crippen LogP contribution in [-0.4, -0.2) is 155 Å². The summed E-state index contributed by atoms with van der Waals surface area (Å²) in [5, 5.41) is 23.7. The van der Waals surface area contributed by atoms with Gasteiger partial charge in [0.15, 0.2) is 17.3 Å². The number of hydroxylamine groups is 2. The molecule has 2 fully saturated rings. The molecule has 15 nitrogen and oxygen atoms in total. The van der Waals surface area contributed by atoms with Gasteiger partial charge in [-0.05, 0) is 18.2 Å². The Hall–Kier alpha value is -4.06. The molecule has 0 unspecified atom stereocenters. The van der Waals surface area contributed by atoms with E-state index in [-0.39, 0.29) is 41.3 Å². The number of carbonyl (C=O) groups excluding carboxylic acids is 1. The molecule has 2 aromatic carbocycles. The first-order valence-electron chi connectivity index (χ1n) is 15.5. The molecule has 0 bridgehead atoms. The number of anilines is 2. The van der Waals surface area contributed by atoms with Gasteiger partial charge >= 0.3 is 11.9 Å². The Bertz CT molecular complexity index is 1650. The minimum atomic E-state index is -0.961. The highest BCUT2D eigenvalue weighted by molar-refractivity contribution is 6.42. The zero-order valence-electron chi connectivity index (χ0n) is 26.8. The number of piperazine rings is 1. The van der Waals surface area contributed by atoms with Gasteiger partial charge < -0.3 is 30.0 Å². The number of halogens is 3. The van der Waals surface area contributed by atoms with E-state index in [1.54, 1.807) is 31.9 Å². The summed E-state index contributed by atoms with van der Waals surface area (Å²) in [5.74, 6) is -1.63. The maximum absolute atomic E-state index is 14.8. The number of carbonyl (C=O) groups is 3. The van der Waals surface area contributed by atoms with Crippen molar-refractivity contribution in [3.05, 3.63) is 46.5 Å². The Morgan fingerprint density at radius 2 is 1.43 bits per heavy atom. The number of nitrogens with zero attached hydrogens (tertiary/aromatic N) is 7. The zero-order valence-corrected chi connectivity index (χ0v) is 28.3. The third-order valence-corrected chi connectivity index (χ3v) is 9.08. The molecule has 1 aromatic heterocycles. The number of ether oxygens (including phenoxy) is 1.